The maximum absolute atomic E-state index is 12.3. The second kappa shape index (κ2) is 6.09. The Morgan fingerprint density at radius 1 is 1.40 bits per heavy atom. The van der Waals surface area contributed by atoms with Crippen LogP contribution >= 0.6 is 22.6 Å². The Hall–Kier alpha value is -1.15. The Morgan fingerprint density at radius 3 is 2.65 bits per heavy atom. The van der Waals surface area contributed by atoms with Gasteiger partial charge < -0.3 is 15.2 Å². The summed E-state index contributed by atoms with van der Waals surface area (Å²) in [5.41, 5.74) is 0.373. The summed E-state index contributed by atoms with van der Waals surface area (Å²) in [6, 6.07) is 4.81. The van der Waals surface area contributed by atoms with E-state index in [0.717, 1.165) is 16.4 Å². The minimum atomic E-state index is -1.00. The van der Waals surface area contributed by atoms with Crippen LogP contribution in [-0.2, 0) is 9.53 Å². The third-order valence-electron chi connectivity index (χ3n) is 3.52. The summed E-state index contributed by atoms with van der Waals surface area (Å²) in [5, 5.41) is 11.9. The van der Waals surface area contributed by atoms with Gasteiger partial charge in [0.05, 0.1) is 11.0 Å². The fourth-order valence-corrected chi connectivity index (χ4v) is 2.76. The SMILES string of the molecule is COCCC1(C(=O)Nc2cc(I)cc(C(=O)O)c2)CC1. The van der Waals surface area contributed by atoms with Crippen molar-refractivity contribution in [2.75, 3.05) is 19.0 Å². The van der Waals surface area contributed by atoms with Gasteiger partial charge in [-0.1, -0.05) is 0 Å². The van der Waals surface area contributed by atoms with Gasteiger partial charge in [-0.15, -0.1) is 0 Å². The molecule has 0 radical (unpaired) electrons. The topological polar surface area (TPSA) is 75.6 Å². The van der Waals surface area contributed by atoms with Gasteiger partial charge in [0, 0.05) is 23.0 Å². The summed E-state index contributed by atoms with van der Waals surface area (Å²) in [6.07, 6.45) is 2.42. The highest BCUT2D eigenvalue weighted by molar-refractivity contribution is 14.1. The van der Waals surface area contributed by atoms with E-state index in [1.165, 1.54) is 6.07 Å². The predicted molar refractivity (Wildman–Crippen MR) is 82.9 cm³/mol. The first-order valence-electron chi connectivity index (χ1n) is 6.31. The predicted octanol–water partition coefficient (Wildman–Crippen LogP) is 2.74. The first kappa shape index (κ1) is 15.2. The molecule has 108 valence electrons. The lowest BCUT2D eigenvalue weighted by atomic mass is 10.0. The third kappa shape index (κ3) is 3.49. The van der Waals surface area contributed by atoms with Crippen LogP contribution in [0.5, 0.6) is 0 Å². The number of carbonyl (C=O) groups is 2. The van der Waals surface area contributed by atoms with Gasteiger partial charge in [-0.2, -0.15) is 0 Å². The Bertz CT molecular complexity index is 540. The number of carboxylic acid groups (broad SMARTS) is 1. The summed E-state index contributed by atoms with van der Waals surface area (Å²) in [6.45, 7) is 0.556. The minimum absolute atomic E-state index is 0.0483. The molecule has 6 heteroatoms. The van der Waals surface area contributed by atoms with Gasteiger partial charge in [0.25, 0.3) is 0 Å². The van der Waals surface area contributed by atoms with Crippen molar-refractivity contribution in [3.05, 3.63) is 27.3 Å². The van der Waals surface area contributed by atoms with Crippen LogP contribution < -0.4 is 5.32 Å². The lowest BCUT2D eigenvalue weighted by molar-refractivity contribution is -0.121. The molecule has 1 aromatic carbocycles. The van der Waals surface area contributed by atoms with Crippen LogP contribution in [0.25, 0.3) is 0 Å². The average molecular weight is 389 g/mol. The van der Waals surface area contributed by atoms with Crippen molar-refractivity contribution in [3.63, 3.8) is 0 Å². The standard InChI is InChI=1S/C14H16INO4/c1-20-5-4-14(2-3-14)13(19)16-11-7-9(12(17)18)6-10(15)8-11/h6-8H,2-5H2,1H3,(H,16,19)(H,17,18). The van der Waals surface area contributed by atoms with Crippen molar-refractivity contribution in [2.45, 2.75) is 19.3 Å². The van der Waals surface area contributed by atoms with Gasteiger partial charge in [0.15, 0.2) is 0 Å². The van der Waals surface area contributed by atoms with E-state index in [-0.39, 0.29) is 16.9 Å². The van der Waals surface area contributed by atoms with Gasteiger partial charge in [-0.05, 0) is 60.1 Å². The number of carbonyl (C=O) groups excluding carboxylic acids is 1. The molecule has 0 aliphatic heterocycles. The summed E-state index contributed by atoms with van der Waals surface area (Å²) in [5.74, 6) is -1.05. The van der Waals surface area contributed by atoms with Crippen molar-refractivity contribution < 1.29 is 19.4 Å². The Morgan fingerprint density at radius 2 is 2.10 bits per heavy atom. The zero-order chi connectivity index (χ0) is 14.8. The molecule has 0 saturated heterocycles. The minimum Gasteiger partial charge on any atom is -0.478 e. The van der Waals surface area contributed by atoms with E-state index in [1.807, 2.05) is 22.6 Å². The molecular formula is C14H16INO4. The van der Waals surface area contributed by atoms with E-state index in [4.69, 9.17) is 9.84 Å². The third-order valence-corrected chi connectivity index (χ3v) is 4.15. The molecule has 1 fully saturated rings. The number of hydrogen-bond acceptors (Lipinski definition) is 3. The number of hydrogen-bond donors (Lipinski definition) is 2. The van der Waals surface area contributed by atoms with E-state index in [1.54, 1.807) is 19.2 Å². The molecule has 2 rings (SSSR count). The van der Waals surface area contributed by atoms with Crippen molar-refractivity contribution >= 4 is 40.2 Å². The zero-order valence-electron chi connectivity index (χ0n) is 11.1. The lowest BCUT2D eigenvalue weighted by Gasteiger charge is -2.15. The molecule has 2 N–H and O–H groups in total. The second-order valence-corrected chi connectivity index (χ2v) is 6.26. The average Bonchev–Trinajstić information content (AvgIpc) is 3.16. The molecule has 1 aliphatic rings. The summed E-state index contributed by atoms with van der Waals surface area (Å²) < 4.78 is 5.81. The molecule has 0 aromatic heterocycles. The first-order chi connectivity index (χ1) is 9.47. The molecule has 1 saturated carbocycles. The number of halogens is 1. The smallest absolute Gasteiger partial charge is 0.335 e. The molecule has 5 nitrogen and oxygen atoms in total. The van der Waals surface area contributed by atoms with Crippen molar-refractivity contribution in [1.82, 2.24) is 0 Å². The number of anilines is 1. The quantitative estimate of drug-likeness (QED) is 0.734. The fraction of sp³-hybridized carbons (Fsp3) is 0.429. The van der Waals surface area contributed by atoms with Gasteiger partial charge >= 0.3 is 5.97 Å². The molecule has 1 aliphatic carbocycles. The highest BCUT2D eigenvalue weighted by Crippen LogP contribution is 2.49. The Labute approximate surface area is 130 Å². The van der Waals surface area contributed by atoms with Gasteiger partial charge in [-0.3, -0.25) is 4.79 Å². The van der Waals surface area contributed by atoms with Crippen LogP contribution in [0, 0.1) is 8.99 Å². The van der Waals surface area contributed by atoms with Gasteiger partial charge in [-0.25, -0.2) is 4.79 Å². The van der Waals surface area contributed by atoms with Crippen LogP contribution in [-0.4, -0.2) is 30.7 Å². The highest BCUT2D eigenvalue weighted by Gasteiger charge is 2.49. The monoisotopic (exact) mass is 389 g/mol. The zero-order valence-corrected chi connectivity index (χ0v) is 13.3. The Kier molecular flexibility index (Phi) is 4.64. The number of methoxy groups -OCH3 is 1. The van der Waals surface area contributed by atoms with E-state index in [2.05, 4.69) is 5.32 Å². The number of rotatable bonds is 6. The van der Waals surface area contributed by atoms with Crippen molar-refractivity contribution in [3.8, 4) is 0 Å². The molecule has 0 unspecified atom stereocenters. The van der Waals surface area contributed by atoms with E-state index in [9.17, 15) is 9.59 Å². The fourth-order valence-electron chi connectivity index (χ4n) is 2.09. The Balaban J connectivity index is 2.10. The largest absolute Gasteiger partial charge is 0.478 e. The number of amides is 1. The molecular weight excluding hydrogens is 373 g/mol. The molecule has 1 amide bonds. The van der Waals surface area contributed by atoms with Crippen LogP contribution in [0.4, 0.5) is 5.69 Å². The maximum Gasteiger partial charge on any atom is 0.335 e. The molecule has 0 atom stereocenters. The normalized spacial score (nSPS) is 15.7. The number of benzene rings is 1. The molecule has 1 aromatic rings. The number of carboxylic acids is 1. The van der Waals surface area contributed by atoms with Gasteiger partial charge in [0.2, 0.25) is 5.91 Å². The first-order valence-corrected chi connectivity index (χ1v) is 7.39. The molecule has 0 heterocycles. The molecule has 0 spiro atoms. The van der Waals surface area contributed by atoms with Crippen molar-refractivity contribution in [1.29, 1.82) is 0 Å². The molecule has 20 heavy (non-hydrogen) atoms. The highest BCUT2D eigenvalue weighted by atomic mass is 127. The summed E-state index contributed by atoms with van der Waals surface area (Å²) in [7, 11) is 1.62. The van der Waals surface area contributed by atoms with Crippen LogP contribution in [0.15, 0.2) is 18.2 Å². The summed E-state index contributed by atoms with van der Waals surface area (Å²) in [4.78, 5) is 23.3. The van der Waals surface area contributed by atoms with E-state index >= 15 is 0 Å². The number of nitrogens with one attached hydrogen (secondary N) is 1. The molecule has 0 bridgehead atoms. The van der Waals surface area contributed by atoms with Gasteiger partial charge in [0.1, 0.15) is 0 Å². The van der Waals surface area contributed by atoms with Crippen LogP contribution in [0.1, 0.15) is 29.6 Å². The summed E-state index contributed by atoms with van der Waals surface area (Å²) >= 11 is 2.04. The van der Waals surface area contributed by atoms with Crippen LogP contribution in [0.2, 0.25) is 0 Å². The lowest BCUT2D eigenvalue weighted by Crippen LogP contribution is -2.25. The number of aromatic carboxylic acids is 1. The van der Waals surface area contributed by atoms with E-state index < -0.39 is 5.97 Å². The maximum atomic E-state index is 12.3. The van der Waals surface area contributed by atoms with Crippen LogP contribution in [0.3, 0.4) is 0 Å². The van der Waals surface area contributed by atoms with Crippen molar-refractivity contribution in [2.24, 2.45) is 5.41 Å². The second-order valence-electron chi connectivity index (χ2n) is 5.01. The van der Waals surface area contributed by atoms with E-state index in [0.29, 0.717) is 18.7 Å². The number of ether oxygens (including phenoxy) is 1.